The lowest BCUT2D eigenvalue weighted by Gasteiger charge is -2.36. The molecular formula is C17H28ClN3. The summed E-state index contributed by atoms with van der Waals surface area (Å²) in [6, 6.07) is 6.96. The molecule has 118 valence electrons. The highest BCUT2D eigenvalue weighted by atomic mass is 35.5. The zero-order valence-corrected chi connectivity index (χ0v) is 14.3. The first-order valence-electron chi connectivity index (χ1n) is 8.09. The zero-order valence-electron chi connectivity index (χ0n) is 13.5. The predicted octanol–water partition coefficient (Wildman–Crippen LogP) is 3.37. The Labute approximate surface area is 134 Å². The molecule has 0 radical (unpaired) electrons. The van der Waals surface area contributed by atoms with Crippen LogP contribution < -0.4 is 10.2 Å². The normalized spacial score (nSPS) is 16.7. The summed E-state index contributed by atoms with van der Waals surface area (Å²) < 4.78 is 0. The van der Waals surface area contributed by atoms with Gasteiger partial charge in [-0.15, -0.1) is 0 Å². The van der Waals surface area contributed by atoms with E-state index in [9.17, 15) is 0 Å². The molecule has 0 amide bonds. The van der Waals surface area contributed by atoms with Crippen molar-refractivity contribution < 1.29 is 0 Å². The van der Waals surface area contributed by atoms with Crippen molar-refractivity contribution in [2.45, 2.75) is 39.8 Å². The van der Waals surface area contributed by atoms with Crippen LogP contribution in [0.25, 0.3) is 0 Å². The Balaban J connectivity index is 1.94. The van der Waals surface area contributed by atoms with Crippen molar-refractivity contribution in [1.82, 2.24) is 10.2 Å². The molecule has 1 heterocycles. The van der Waals surface area contributed by atoms with Crippen molar-refractivity contribution in [2.75, 3.05) is 37.6 Å². The number of halogens is 1. The molecule has 0 saturated carbocycles. The number of rotatable bonds is 6. The van der Waals surface area contributed by atoms with Gasteiger partial charge >= 0.3 is 0 Å². The van der Waals surface area contributed by atoms with E-state index in [0.717, 1.165) is 37.7 Å². The highest BCUT2D eigenvalue weighted by Gasteiger charge is 2.17. The quantitative estimate of drug-likeness (QED) is 0.869. The van der Waals surface area contributed by atoms with E-state index in [0.29, 0.717) is 6.04 Å². The number of anilines is 1. The van der Waals surface area contributed by atoms with Crippen molar-refractivity contribution in [2.24, 2.45) is 0 Å². The molecule has 1 aromatic rings. The summed E-state index contributed by atoms with van der Waals surface area (Å²) in [5, 5.41) is 4.29. The Morgan fingerprint density at radius 1 is 1.19 bits per heavy atom. The van der Waals surface area contributed by atoms with Crippen molar-refractivity contribution in [3.63, 3.8) is 0 Å². The van der Waals surface area contributed by atoms with Crippen LogP contribution >= 0.6 is 11.6 Å². The van der Waals surface area contributed by atoms with Gasteiger partial charge in [-0.2, -0.15) is 0 Å². The Hall–Kier alpha value is -0.770. The Morgan fingerprint density at radius 2 is 1.90 bits per heavy atom. The smallest absolute Gasteiger partial charge is 0.0471 e. The summed E-state index contributed by atoms with van der Waals surface area (Å²) in [7, 11) is 0. The lowest BCUT2D eigenvalue weighted by Crippen LogP contribution is -2.46. The van der Waals surface area contributed by atoms with Crippen LogP contribution in [0.3, 0.4) is 0 Å². The van der Waals surface area contributed by atoms with E-state index in [-0.39, 0.29) is 0 Å². The van der Waals surface area contributed by atoms with Gasteiger partial charge in [0, 0.05) is 49.5 Å². The highest BCUT2D eigenvalue weighted by molar-refractivity contribution is 6.31. The van der Waals surface area contributed by atoms with Crippen molar-refractivity contribution in [3.8, 4) is 0 Å². The van der Waals surface area contributed by atoms with Gasteiger partial charge in [-0.25, -0.2) is 0 Å². The fourth-order valence-corrected chi connectivity index (χ4v) is 2.98. The molecule has 1 aliphatic rings. The van der Waals surface area contributed by atoms with Crippen LogP contribution in [0.15, 0.2) is 18.2 Å². The largest absolute Gasteiger partial charge is 0.369 e. The second-order valence-corrected chi connectivity index (χ2v) is 6.55. The molecule has 1 aromatic carbocycles. The second-order valence-electron chi connectivity index (χ2n) is 6.14. The van der Waals surface area contributed by atoms with Gasteiger partial charge in [0.15, 0.2) is 0 Å². The maximum Gasteiger partial charge on any atom is 0.0471 e. The Kier molecular flexibility index (Phi) is 6.34. The Bertz CT molecular complexity index is 440. The second kappa shape index (κ2) is 8.02. The van der Waals surface area contributed by atoms with E-state index in [1.54, 1.807) is 0 Å². The number of hydrogen-bond acceptors (Lipinski definition) is 3. The summed E-state index contributed by atoms with van der Waals surface area (Å²) in [6.45, 7) is 13.1. The van der Waals surface area contributed by atoms with Crippen LogP contribution in [0.4, 0.5) is 5.69 Å². The minimum atomic E-state index is 0.479. The molecule has 1 fully saturated rings. The van der Waals surface area contributed by atoms with Gasteiger partial charge in [0.2, 0.25) is 0 Å². The molecule has 0 bridgehead atoms. The monoisotopic (exact) mass is 309 g/mol. The highest BCUT2D eigenvalue weighted by Crippen LogP contribution is 2.24. The van der Waals surface area contributed by atoms with Crippen molar-refractivity contribution in [3.05, 3.63) is 28.8 Å². The van der Waals surface area contributed by atoms with E-state index < -0.39 is 0 Å². The van der Waals surface area contributed by atoms with E-state index in [1.807, 2.05) is 0 Å². The predicted molar refractivity (Wildman–Crippen MR) is 92.4 cm³/mol. The van der Waals surface area contributed by atoms with Crippen molar-refractivity contribution in [1.29, 1.82) is 0 Å². The third-order valence-electron chi connectivity index (χ3n) is 4.01. The molecule has 0 spiro atoms. The summed E-state index contributed by atoms with van der Waals surface area (Å²) >= 11 is 6.43. The van der Waals surface area contributed by atoms with Crippen LogP contribution in [0.1, 0.15) is 32.8 Å². The molecule has 1 saturated heterocycles. The topological polar surface area (TPSA) is 18.5 Å². The average molecular weight is 310 g/mol. The van der Waals surface area contributed by atoms with Gasteiger partial charge in [0.05, 0.1) is 0 Å². The van der Waals surface area contributed by atoms with Gasteiger partial charge in [0.1, 0.15) is 0 Å². The summed E-state index contributed by atoms with van der Waals surface area (Å²) in [6.07, 6.45) is 1.24. The first-order chi connectivity index (χ1) is 10.1. The molecule has 21 heavy (non-hydrogen) atoms. The molecule has 0 aromatic heterocycles. The van der Waals surface area contributed by atoms with Gasteiger partial charge in [-0.1, -0.05) is 38.4 Å². The van der Waals surface area contributed by atoms with Crippen LogP contribution in [0, 0.1) is 0 Å². The number of nitrogens with zero attached hydrogens (tertiary/aromatic N) is 2. The minimum Gasteiger partial charge on any atom is -0.369 e. The number of nitrogens with one attached hydrogen (secondary N) is 1. The third-order valence-corrected chi connectivity index (χ3v) is 4.37. The molecule has 1 N–H and O–H groups in total. The molecule has 0 unspecified atom stereocenters. The van der Waals surface area contributed by atoms with Gasteiger partial charge in [-0.3, -0.25) is 4.90 Å². The number of benzene rings is 1. The maximum atomic E-state index is 6.43. The SMILES string of the molecule is CCCN1CCN(c2ccc(CNC(C)C)c(Cl)c2)CC1. The van der Waals surface area contributed by atoms with E-state index >= 15 is 0 Å². The molecule has 3 nitrogen and oxygen atoms in total. The van der Waals surface area contributed by atoms with E-state index in [2.05, 4.69) is 54.1 Å². The lowest BCUT2D eigenvalue weighted by molar-refractivity contribution is 0.258. The molecule has 4 heteroatoms. The van der Waals surface area contributed by atoms with Crippen LogP contribution in [0.2, 0.25) is 5.02 Å². The zero-order chi connectivity index (χ0) is 15.2. The van der Waals surface area contributed by atoms with Gasteiger partial charge in [0.25, 0.3) is 0 Å². The number of piperazine rings is 1. The van der Waals surface area contributed by atoms with E-state index in [4.69, 9.17) is 11.6 Å². The maximum absolute atomic E-state index is 6.43. The molecule has 2 rings (SSSR count). The fraction of sp³-hybridized carbons (Fsp3) is 0.647. The molecule has 0 atom stereocenters. The summed E-state index contributed by atoms with van der Waals surface area (Å²) in [5.74, 6) is 0. The fourth-order valence-electron chi connectivity index (χ4n) is 2.74. The standard InChI is InChI=1S/C17H28ClN3/c1-4-7-20-8-10-21(11-9-20)16-6-5-15(17(18)12-16)13-19-14(2)3/h5-6,12,14,19H,4,7-11,13H2,1-3H3. The first kappa shape index (κ1) is 16.6. The van der Waals surface area contributed by atoms with Crippen LogP contribution in [0.5, 0.6) is 0 Å². The summed E-state index contributed by atoms with van der Waals surface area (Å²) in [4.78, 5) is 4.98. The van der Waals surface area contributed by atoms with Crippen LogP contribution in [-0.2, 0) is 6.54 Å². The van der Waals surface area contributed by atoms with E-state index in [1.165, 1.54) is 24.2 Å². The lowest BCUT2D eigenvalue weighted by atomic mass is 10.1. The van der Waals surface area contributed by atoms with Gasteiger partial charge in [-0.05, 0) is 30.7 Å². The number of hydrogen-bond donors (Lipinski definition) is 1. The molecule has 1 aliphatic heterocycles. The third kappa shape index (κ3) is 4.87. The molecular weight excluding hydrogens is 282 g/mol. The van der Waals surface area contributed by atoms with Crippen LogP contribution in [-0.4, -0.2) is 43.7 Å². The minimum absolute atomic E-state index is 0.479. The molecule has 0 aliphatic carbocycles. The van der Waals surface area contributed by atoms with Crippen molar-refractivity contribution >= 4 is 17.3 Å². The Morgan fingerprint density at radius 3 is 2.48 bits per heavy atom. The first-order valence-corrected chi connectivity index (χ1v) is 8.47. The van der Waals surface area contributed by atoms with Gasteiger partial charge < -0.3 is 10.2 Å². The average Bonchev–Trinajstić information content (AvgIpc) is 2.47. The summed E-state index contributed by atoms with van der Waals surface area (Å²) in [5.41, 5.74) is 2.43.